The predicted octanol–water partition coefficient (Wildman–Crippen LogP) is 2.31. The van der Waals surface area contributed by atoms with Crippen LogP contribution in [0.4, 0.5) is 0 Å². The van der Waals surface area contributed by atoms with Gasteiger partial charge in [-0.1, -0.05) is 18.7 Å². The SMILES string of the molecule is Cc1cc(C)nc(SC2CCC(N)C2C)n1. The molecule has 1 saturated carbocycles. The fourth-order valence-electron chi connectivity index (χ4n) is 2.21. The number of nitrogens with two attached hydrogens (primary N) is 1. The topological polar surface area (TPSA) is 51.8 Å². The van der Waals surface area contributed by atoms with Crippen molar-refractivity contribution in [3.63, 3.8) is 0 Å². The molecule has 3 atom stereocenters. The molecule has 1 heterocycles. The Balaban J connectivity index is 2.09. The number of hydrogen-bond donors (Lipinski definition) is 1. The van der Waals surface area contributed by atoms with Gasteiger partial charge in [0.1, 0.15) is 0 Å². The van der Waals surface area contributed by atoms with Crippen molar-refractivity contribution < 1.29 is 0 Å². The van der Waals surface area contributed by atoms with Gasteiger partial charge in [-0.25, -0.2) is 9.97 Å². The van der Waals surface area contributed by atoms with Gasteiger partial charge in [0.2, 0.25) is 0 Å². The summed E-state index contributed by atoms with van der Waals surface area (Å²) in [6.07, 6.45) is 2.31. The van der Waals surface area contributed by atoms with Crippen LogP contribution in [0, 0.1) is 19.8 Å². The van der Waals surface area contributed by atoms with Gasteiger partial charge in [-0.15, -0.1) is 0 Å². The maximum atomic E-state index is 6.03. The Morgan fingerprint density at radius 3 is 2.38 bits per heavy atom. The van der Waals surface area contributed by atoms with Crippen LogP contribution in [0.15, 0.2) is 11.2 Å². The lowest BCUT2D eigenvalue weighted by Crippen LogP contribution is -2.26. The monoisotopic (exact) mass is 237 g/mol. The number of hydrogen-bond acceptors (Lipinski definition) is 4. The van der Waals surface area contributed by atoms with Gasteiger partial charge < -0.3 is 5.73 Å². The molecule has 3 unspecified atom stereocenters. The van der Waals surface area contributed by atoms with Gasteiger partial charge in [-0.2, -0.15) is 0 Å². The molecule has 1 aliphatic carbocycles. The van der Waals surface area contributed by atoms with Crippen LogP contribution < -0.4 is 5.73 Å². The molecule has 0 amide bonds. The minimum Gasteiger partial charge on any atom is -0.327 e. The van der Waals surface area contributed by atoms with Crippen molar-refractivity contribution in [2.45, 2.75) is 50.1 Å². The van der Waals surface area contributed by atoms with E-state index in [4.69, 9.17) is 5.73 Å². The predicted molar refractivity (Wildman–Crippen MR) is 67.5 cm³/mol. The molecule has 0 spiro atoms. The first kappa shape index (κ1) is 11.9. The van der Waals surface area contributed by atoms with Gasteiger partial charge in [-0.3, -0.25) is 0 Å². The molecule has 2 N–H and O–H groups in total. The minimum absolute atomic E-state index is 0.350. The van der Waals surface area contributed by atoms with Crippen molar-refractivity contribution in [1.29, 1.82) is 0 Å². The Labute approximate surface area is 101 Å². The van der Waals surface area contributed by atoms with Crippen LogP contribution in [0.1, 0.15) is 31.2 Å². The fraction of sp³-hybridized carbons (Fsp3) is 0.667. The summed E-state index contributed by atoms with van der Waals surface area (Å²) in [4.78, 5) is 8.94. The fourth-order valence-corrected chi connectivity index (χ4v) is 3.54. The highest BCUT2D eigenvalue weighted by Gasteiger charge is 2.31. The molecule has 0 saturated heterocycles. The standard InChI is InChI=1S/C12H19N3S/c1-7-6-8(2)15-12(14-7)16-11-5-4-10(13)9(11)3/h6,9-11H,4-5,13H2,1-3H3. The van der Waals surface area contributed by atoms with Crippen molar-refractivity contribution >= 4 is 11.8 Å². The van der Waals surface area contributed by atoms with Crippen molar-refractivity contribution in [2.24, 2.45) is 11.7 Å². The van der Waals surface area contributed by atoms with E-state index in [0.29, 0.717) is 17.2 Å². The Morgan fingerprint density at radius 2 is 1.88 bits per heavy atom. The number of thioether (sulfide) groups is 1. The van der Waals surface area contributed by atoms with Crippen molar-refractivity contribution in [2.75, 3.05) is 0 Å². The number of rotatable bonds is 2. The first-order valence-corrected chi connectivity index (χ1v) is 6.69. The molecule has 0 aliphatic heterocycles. The Bertz CT molecular complexity index is 360. The largest absolute Gasteiger partial charge is 0.327 e. The van der Waals surface area contributed by atoms with Crippen LogP contribution in [-0.2, 0) is 0 Å². The van der Waals surface area contributed by atoms with Crippen LogP contribution in [0.3, 0.4) is 0 Å². The van der Waals surface area contributed by atoms with Crippen LogP contribution >= 0.6 is 11.8 Å². The second kappa shape index (κ2) is 4.72. The van der Waals surface area contributed by atoms with Gasteiger partial charge in [-0.05, 0) is 38.7 Å². The van der Waals surface area contributed by atoms with Gasteiger partial charge in [0.25, 0.3) is 0 Å². The van der Waals surface area contributed by atoms with Crippen LogP contribution in [0.5, 0.6) is 0 Å². The zero-order chi connectivity index (χ0) is 11.7. The average Bonchev–Trinajstić information content (AvgIpc) is 2.48. The molecule has 16 heavy (non-hydrogen) atoms. The highest BCUT2D eigenvalue weighted by molar-refractivity contribution is 7.99. The number of nitrogens with zero attached hydrogens (tertiary/aromatic N) is 2. The Morgan fingerprint density at radius 1 is 1.25 bits per heavy atom. The average molecular weight is 237 g/mol. The van der Waals surface area contributed by atoms with Gasteiger partial charge in [0.05, 0.1) is 0 Å². The second-order valence-corrected chi connectivity index (χ2v) is 5.90. The first-order valence-electron chi connectivity index (χ1n) is 5.81. The third-order valence-electron chi connectivity index (χ3n) is 3.26. The molecule has 1 aromatic rings. The smallest absolute Gasteiger partial charge is 0.188 e. The maximum absolute atomic E-state index is 6.03. The van der Waals surface area contributed by atoms with E-state index < -0.39 is 0 Å². The summed E-state index contributed by atoms with van der Waals surface area (Å²) in [5.74, 6) is 0.564. The van der Waals surface area contributed by atoms with Crippen molar-refractivity contribution in [3.8, 4) is 0 Å². The zero-order valence-electron chi connectivity index (χ0n) is 10.1. The Kier molecular flexibility index (Phi) is 3.50. The van der Waals surface area contributed by atoms with E-state index in [9.17, 15) is 0 Å². The summed E-state index contributed by atoms with van der Waals surface area (Å²) >= 11 is 1.79. The third kappa shape index (κ3) is 2.55. The van der Waals surface area contributed by atoms with E-state index in [2.05, 4.69) is 16.9 Å². The minimum atomic E-state index is 0.350. The Hall–Kier alpha value is -0.610. The molecule has 0 aromatic carbocycles. The van der Waals surface area contributed by atoms with Crippen molar-refractivity contribution in [1.82, 2.24) is 9.97 Å². The normalized spacial score (nSPS) is 29.6. The number of aromatic nitrogens is 2. The van der Waals surface area contributed by atoms with Crippen LogP contribution in [0.2, 0.25) is 0 Å². The molecule has 88 valence electrons. The summed E-state index contributed by atoms with van der Waals surface area (Å²) < 4.78 is 0. The van der Waals surface area contributed by atoms with E-state index >= 15 is 0 Å². The molecule has 4 heteroatoms. The summed E-state index contributed by atoms with van der Waals surface area (Å²) in [5, 5.41) is 1.49. The van der Waals surface area contributed by atoms with Crippen LogP contribution in [0.25, 0.3) is 0 Å². The molecule has 0 bridgehead atoms. The van der Waals surface area contributed by atoms with Crippen molar-refractivity contribution in [3.05, 3.63) is 17.5 Å². The molecule has 1 aliphatic rings. The third-order valence-corrected chi connectivity index (χ3v) is 4.63. The molecular formula is C12H19N3S. The highest BCUT2D eigenvalue weighted by atomic mass is 32.2. The lowest BCUT2D eigenvalue weighted by molar-refractivity contribution is 0.534. The molecule has 2 rings (SSSR count). The van der Waals surface area contributed by atoms with Gasteiger partial charge in [0, 0.05) is 22.7 Å². The molecule has 1 fully saturated rings. The zero-order valence-corrected chi connectivity index (χ0v) is 10.9. The van der Waals surface area contributed by atoms with Gasteiger partial charge >= 0.3 is 0 Å². The van der Waals surface area contributed by atoms with E-state index in [1.807, 2.05) is 19.9 Å². The second-order valence-electron chi connectivity index (χ2n) is 4.69. The lowest BCUT2D eigenvalue weighted by atomic mass is 10.1. The van der Waals surface area contributed by atoms with E-state index in [-0.39, 0.29) is 0 Å². The lowest BCUT2D eigenvalue weighted by Gasteiger charge is -2.16. The summed E-state index contributed by atoms with van der Waals surface area (Å²) in [6, 6.07) is 2.36. The first-order chi connectivity index (χ1) is 7.56. The summed E-state index contributed by atoms with van der Waals surface area (Å²) in [5.41, 5.74) is 8.12. The highest BCUT2D eigenvalue weighted by Crippen LogP contribution is 2.36. The molecule has 1 aromatic heterocycles. The molecule has 0 radical (unpaired) electrons. The van der Waals surface area contributed by atoms with E-state index in [1.165, 1.54) is 6.42 Å². The quantitative estimate of drug-likeness (QED) is 0.802. The number of aryl methyl sites for hydroxylation is 2. The summed E-state index contributed by atoms with van der Waals surface area (Å²) in [7, 11) is 0. The summed E-state index contributed by atoms with van der Waals surface area (Å²) in [6.45, 7) is 6.27. The van der Waals surface area contributed by atoms with E-state index in [1.54, 1.807) is 11.8 Å². The maximum Gasteiger partial charge on any atom is 0.188 e. The molecule has 3 nitrogen and oxygen atoms in total. The molecular weight excluding hydrogens is 218 g/mol. The van der Waals surface area contributed by atoms with Gasteiger partial charge in [0.15, 0.2) is 5.16 Å². The van der Waals surface area contributed by atoms with E-state index in [0.717, 1.165) is 23.0 Å². The van der Waals surface area contributed by atoms with Crippen LogP contribution in [-0.4, -0.2) is 21.3 Å².